The Morgan fingerprint density at radius 2 is 2.25 bits per heavy atom. The quantitative estimate of drug-likeness (QED) is 0.820. The molecule has 2 N–H and O–H groups in total. The Bertz CT molecular complexity index is 378. The van der Waals surface area contributed by atoms with E-state index in [0.717, 1.165) is 43.0 Å². The number of fused-ring (bicyclic) bond motifs is 1. The first kappa shape index (κ1) is 11.7. The lowest BCUT2D eigenvalue weighted by molar-refractivity contribution is 0.252. The molecule has 88 valence electrons. The largest absolute Gasteiger partial charge is 0.490 e. The fourth-order valence-corrected chi connectivity index (χ4v) is 2.48. The van der Waals surface area contributed by atoms with Crippen molar-refractivity contribution in [3.05, 3.63) is 28.3 Å². The van der Waals surface area contributed by atoms with E-state index in [1.54, 1.807) is 0 Å². The van der Waals surface area contributed by atoms with Gasteiger partial charge >= 0.3 is 0 Å². The van der Waals surface area contributed by atoms with Gasteiger partial charge in [0.05, 0.1) is 0 Å². The van der Waals surface area contributed by atoms with Crippen LogP contribution >= 0.6 is 11.6 Å². The number of benzene rings is 1. The third-order valence-electron chi connectivity index (χ3n) is 2.93. The van der Waals surface area contributed by atoms with Gasteiger partial charge in [-0.15, -0.1) is 0 Å². The van der Waals surface area contributed by atoms with Crippen molar-refractivity contribution in [1.29, 1.82) is 0 Å². The van der Waals surface area contributed by atoms with Crippen LogP contribution in [0.15, 0.2) is 12.1 Å². The van der Waals surface area contributed by atoms with E-state index in [1.807, 2.05) is 12.1 Å². The van der Waals surface area contributed by atoms with Crippen molar-refractivity contribution < 1.29 is 4.74 Å². The first-order valence-corrected chi connectivity index (χ1v) is 6.26. The molecule has 0 fully saturated rings. The van der Waals surface area contributed by atoms with E-state index < -0.39 is 0 Å². The monoisotopic (exact) mass is 239 g/mol. The zero-order valence-corrected chi connectivity index (χ0v) is 10.4. The topological polar surface area (TPSA) is 35.2 Å². The lowest BCUT2D eigenvalue weighted by Gasteiger charge is -2.09. The first-order chi connectivity index (χ1) is 7.70. The van der Waals surface area contributed by atoms with Crippen LogP contribution in [0.5, 0.6) is 5.75 Å². The Kier molecular flexibility index (Phi) is 3.72. The molecule has 1 aliphatic rings. The van der Waals surface area contributed by atoms with Crippen molar-refractivity contribution >= 4 is 11.6 Å². The maximum atomic E-state index is 6.11. The SMILES string of the molecule is CC1Cc2cc(Cl)cc(CCCCN)c2O1. The number of ether oxygens (including phenoxy) is 1. The van der Waals surface area contributed by atoms with Gasteiger partial charge in [0.1, 0.15) is 11.9 Å². The molecule has 2 nitrogen and oxygen atoms in total. The van der Waals surface area contributed by atoms with Gasteiger partial charge in [0.25, 0.3) is 0 Å². The van der Waals surface area contributed by atoms with E-state index in [4.69, 9.17) is 22.1 Å². The van der Waals surface area contributed by atoms with Gasteiger partial charge < -0.3 is 10.5 Å². The molecule has 16 heavy (non-hydrogen) atoms. The molecule has 0 radical (unpaired) electrons. The molecule has 0 spiro atoms. The summed E-state index contributed by atoms with van der Waals surface area (Å²) < 4.78 is 5.83. The molecule has 1 unspecified atom stereocenters. The Morgan fingerprint density at radius 1 is 1.44 bits per heavy atom. The molecular formula is C13H18ClNO. The fraction of sp³-hybridized carbons (Fsp3) is 0.538. The van der Waals surface area contributed by atoms with Crippen LogP contribution in [0.2, 0.25) is 5.02 Å². The van der Waals surface area contributed by atoms with Crippen molar-refractivity contribution in [3.63, 3.8) is 0 Å². The second-order valence-corrected chi connectivity index (χ2v) is 4.87. The van der Waals surface area contributed by atoms with E-state index >= 15 is 0 Å². The minimum absolute atomic E-state index is 0.279. The summed E-state index contributed by atoms with van der Waals surface area (Å²) >= 11 is 6.11. The van der Waals surface area contributed by atoms with Crippen LogP contribution in [0.25, 0.3) is 0 Å². The zero-order chi connectivity index (χ0) is 11.5. The highest BCUT2D eigenvalue weighted by atomic mass is 35.5. The van der Waals surface area contributed by atoms with Crippen LogP contribution in [0.4, 0.5) is 0 Å². The Hall–Kier alpha value is -0.730. The smallest absolute Gasteiger partial charge is 0.126 e. The van der Waals surface area contributed by atoms with Crippen LogP contribution in [0.3, 0.4) is 0 Å². The highest BCUT2D eigenvalue weighted by molar-refractivity contribution is 6.30. The molecular weight excluding hydrogens is 222 g/mol. The summed E-state index contributed by atoms with van der Waals surface area (Å²) in [7, 11) is 0. The summed E-state index contributed by atoms with van der Waals surface area (Å²) in [6, 6.07) is 4.04. The molecule has 2 rings (SSSR count). The number of hydrogen-bond acceptors (Lipinski definition) is 2. The van der Waals surface area contributed by atoms with Crippen LogP contribution in [-0.2, 0) is 12.8 Å². The third-order valence-corrected chi connectivity index (χ3v) is 3.15. The average molecular weight is 240 g/mol. The van der Waals surface area contributed by atoms with Gasteiger partial charge in [-0.3, -0.25) is 0 Å². The van der Waals surface area contributed by atoms with E-state index in [9.17, 15) is 0 Å². The van der Waals surface area contributed by atoms with Gasteiger partial charge in [0, 0.05) is 11.4 Å². The molecule has 0 saturated heterocycles. The van der Waals surface area contributed by atoms with Crippen molar-refractivity contribution in [3.8, 4) is 5.75 Å². The molecule has 1 atom stereocenters. The molecule has 0 aliphatic carbocycles. The van der Waals surface area contributed by atoms with Gasteiger partial charge in [-0.05, 0) is 56.0 Å². The van der Waals surface area contributed by atoms with Gasteiger partial charge in [0.15, 0.2) is 0 Å². The van der Waals surface area contributed by atoms with Gasteiger partial charge in [-0.2, -0.15) is 0 Å². The van der Waals surface area contributed by atoms with Crippen LogP contribution < -0.4 is 10.5 Å². The molecule has 1 aliphatic heterocycles. The number of nitrogens with two attached hydrogens (primary N) is 1. The summed E-state index contributed by atoms with van der Waals surface area (Å²) in [5.41, 5.74) is 7.99. The minimum Gasteiger partial charge on any atom is -0.490 e. The average Bonchev–Trinajstić information content (AvgIpc) is 2.58. The summed E-state index contributed by atoms with van der Waals surface area (Å²) in [5.74, 6) is 1.06. The first-order valence-electron chi connectivity index (χ1n) is 5.88. The molecule has 1 aromatic carbocycles. The maximum absolute atomic E-state index is 6.11. The normalized spacial score (nSPS) is 18.3. The fourth-order valence-electron chi connectivity index (χ4n) is 2.21. The van der Waals surface area contributed by atoms with Crippen LogP contribution in [0.1, 0.15) is 30.9 Å². The molecule has 1 heterocycles. The summed E-state index contributed by atoms with van der Waals surface area (Å²) in [4.78, 5) is 0. The predicted octanol–water partition coefficient (Wildman–Crippen LogP) is 2.94. The zero-order valence-electron chi connectivity index (χ0n) is 9.63. The molecule has 0 aromatic heterocycles. The highest BCUT2D eigenvalue weighted by Crippen LogP contribution is 2.35. The third kappa shape index (κ3) is 2.50. The molecule has 0 amide bonds. The van der Waals surface area contributed by atoms with Gasteiger partial charge in [-0.1, -0.05) is 11.6 Å². The number of hydrogen-bond donors (Lipinski definition) is 1. The highest BCUT2D eigenvalue weighted by Gasteiger charge is 2.22. The molecule has 3 heteroatoms. The van der Waals surface area contributed by atoms with Crippen molar-refractivity contribution in [2.24, 2.45) is 5.73 Å². The van der Waals surface area contributed by atoms with Crippen molar-refractivity contribution in [2.75, 3.05) is 6.54 Å². The van der Waals surface area contributed by atoms with E-state index in [-0.39, 0.29) is 6.10 Å². The standard InChI is InChI=1S/C13H18ClNO/c1-9-6-11-8-12(14)7-10(13(11)16-9)4-2-3-5-15/h7-9H,2-6,15H2,1H3. The Balaban J connectivity index is 2.18. The number of aryl methyl sites for hydroxylation is 1. The Morgan fingerprint density at radius 3 is 3.00 bits per heavy atom. The molecule has 0 saturated carbocycles. The molecule has 1 aromatic rings. The van der Waals surface area contributed by atoms with E-state index in [2.05, 4.69) is 6.92 Å². The maximum Gasteiger partial charge on any atom is 0.126 e. The van der Waals surface area contributed by atoms with Crippen molar-refractivity contribution in [2.45, 2.75) is 38.7 Å². The lowest BCUT2D eigenvalue weighted by Crippen LogP contribution is -2.06. The van der Waals surface area contributed by atoms with Crippen LogP contribution in [0, 0.1) is 0 Å². The Labute approximate surface area is 102 Å². The number of halogens is 1. The minimum atomic E-state index is 0.279. The lowest BCUT2D eigenvalue weighted by atomic mass is 10.0. The molecule has 0 bridgehead atoms. The van der Waals surface area contributed by atoms with Crippen LogP contribution in [-0.4, -0.2) is 12.6 Å². The number of rotatable bonds is 4. The summed E-state index contributed by atoms with van der Waals surface area (Å²) in [5, 5.41) is 0.819. The van der Waals surface area contributed by atoms with Gasteiger partial charge in [-0.25, -0.2) is 0 Å². The number of unbranched alkanes of at least 4 members (excludes halogenated alkanes) is 1. The van der Waals surface area contributed by atoms with Crippen molar-refractivity contribution in [1.82, 2.24) is 0 Å². The van der Waals surface area contributed by atoms with E-state index in [0.29, 0.717) is 0 Å². The van der Waals surface area contributed by atoms with E-state index in [1.165, 1.54) is 11.1 Å². The second-order valence-electron chi connectivity index (χ2n) is 4.43. The summed E-state index contributed by atoms with van der Waals surface area (Å²) in [6.07, 6.45) is 4.41. The second kappa shape index (κ2) is 5.07. The predicted molar refractivity (Wildman–Crippen MR) is 67.2 cm³/mol. The summed E-state index contributed by atoms with van der Waals surface area (Å²) in [6.45, 7) is 2.84. The van der Waals surface area contributed by atoms with Gasteiger partial charge in [0.2, 0.25) is 0 Å².